The number of carbonyl (C=O) groups is 1. The van der Waals surface area contributed by atoms with Crippen LogP contribution < -0.4 is 11.1 Å². The topological polar surface area (TPSA) is 64.3 Å². The fourth-order valence-electron chi connectivity index (χ4n) is 1.45. The summed E-state index contributed by atoms with van der Waals surface area (Å²) < 4.78 is 5.32. The molecule has 0 saturated carbocycles. The fourth-order valence-corrected chi connectivity index (χ4v) is 1.45. The molecule has 14 heavy (non-hydrogen) atoms. The summed E-state index contributed by atoms with van der Waals surface area (Å²) in [5.74, 6) is -0.109. The molecule has 0 bridgehead atoms. The molecule has 0 spiro atoms. The molecule has 4 nitrogen and oxygen atoms in total. The molecule has 1 aliphatic heterocycles. The van der Waals surface area contributed by atoms with E-state index in [1.807, 2.05) is 13.8 Å². The number of esters is 1. The molecule has 1 saturated heterocycles. The molecular weight excluding hydrogens is 180 g/mol. The summed E-state index contributed by atoms with van der Waals surface area (Å²) in [5, 5.41) is 3.19. The normalized spacial score (nSPS) is 23.2. The lowest BCUT2D eigenvalue weighted by atomic mass is 9.99. The van der Waals surface area contributed by atoms with Crippen LogP contribution in [0.1, 0.15) is 26.7 Å². The molecule has 0 aliphatic carbocycles. The van der Waals surface area contributed by atoms with Gasteiger partial charge in [-0.1, -0.05) is 0 Å². The van der Waals surface area contributed by atoms with E-state index in [1.54, 1.807) is 0 Å². The number of nitrogens with one attached hydrogen (secondary N) is 1. The largest absolute Gasteiger partial charge is 0.458 e. The first-order valence-corrected chi connectivity index (χ1v) is 5.19. The highest BCUT2D eigenvalue weighted by molar-refractivity contribution is 5.73. The van der Waals surface area contributed by atoms with Crippen molar-refractivity contribution in [2.45, 2.75) is 32.3 Å². The van der Waals surface area contributed by atoms with Crippen molar-refractivity contribution < 1.29 is 9.53 Å². The Labute approximate surface area is 85.2 Å². The Morgan fingerprint density at radius 1 is 1.64 bits per heavy atom. The van der Waals surface area contributed by atoms with Crippen molar-refractivity contribution >= 4 is 5.97 Å². The van der Waals surface area contributed by atoms with Gasteiger partial charge in [-0.15, -0.1) is 0 Å². The maximum Gasteiger partial charge on any atom is 0.310 e. The average Bonchev–Trinajstić information content (AvgIpc) is 2.19. The molecule has 0 aromatic rings. The van der Waals surface area contributed by atoms with E-state index in [4.69, 9.17) is 10.5 Å². The molecule has 0 aromatic heterocycles. The number of rotatable bonds is 3. The Bertz CT molecular complexity index is 198. The Morgan fingerprint density at radius 3 is 2.86 bits per heavy atom. The second-order valence-electron chi connectivity index (χ2n) is 4.43. The van der Waals surface area contributed by atoms with E-state index < -0.39 is 5.60 Å². The van der Waals surface area contributed by atoms with Crippen LogP contribution in [0.25, 0.3) is 0 Å². The van der Waals surface area contributed by atoms with Gasteiger partial charge in [-0.2, -0.15) is 0 Å². The van der Waals surface area contributed by atoms with E-state index >= 15 is 0 Å². The molecule has 1 rings (SSSR count). The van der Waals surface area contributed by atoms with Crippen molar-refractivity contribution in [1.29, 1.82) is 0 Å². The van der Waals surface area contributed by atoms with Crippen molar-refractivity contribution in [3.8, 4) is 0 Å². The van der Waals surface area contributed by atoms with E-state index in [0.717, 1.165) is 25.9 Å². The molecule has 0 unspecified atom stereocenters. The van der Waals surface area contributed by atoms with E-state index in [9.17, 15) is 4.79 Å². The van der Waals surface area contributed by atoms with Gasteiger partial charge in [-0.05, 0) is 33.2 Å². The maximum absolute atomic E-state index is 11.7. The van der Waals surface area contributed by atoms with Crippen LogP contribution in [-0.4, -0.2) is 31.2 Å². The summed E-state index contributed by atoms with van der Waals surface area (Å²) in [6.07, 6.45) is 1.97. The molecule has 1 aliphatic rings. The first kappa shape index (κ1) is 11.5. The lowest BCUT2D eigenvalue weighted by molar-refractivity contribution is -0.161. The van der Waals surface area contributed by atoms with Crippen LogP contribution in [-0.2, 0) is 9.53 Å². The van der Waals surface area contributed by atoms with Crippen LogP contribution in [0.3, 0.4) is 0 Å². The number of hydrogen-bond donors (Lipinski definition) is 2. The summed E-state index contributed by atoms with van der Waals surface area (Å²) >= 11 is 0. The first-order valence-electron chi connectivity index (χ1n) is 5.19. The highest BCUT2D eigenvalue weighted by atomic mass is 16.6. The standard InChI is InChI=1S/C10H20N2O2/c1-10(2,7-11)14-9(13)8-4-3-5-12-6-8/h8,12H,3-7,11H2,1-2H3/t8-/m1/s1. The predicted octanol–water partition coefficient (Wildman–Crippen LogP) is 0.267. The van der Waals surface area contributed by atoms with E-state index in [0.29, 0.717) is 6.54 Å². The minimum atomic E-state index is -0.533. The highest BCUT2D eigenvalue weighted by Gasteiger charge is 2.28. The molecule has 1 fully saturated rings. The van der Waals surface area contributed by atoms with Crippen LogP contribution in [0.4, 0.5) is 0 Å². The summed E-state index contributed by atoms with van der Waals surface area (Å²) in [6.45, 7) is 5.77. The third-order valence-electron chi connectivity index (χ3n) is 2.50. The van der Waals surface area contributed by atoms with Gasteiger partial charge in [0.15, 0.2) is 0 Å². The van der Waals surface area contributed by atoms with Crippen molar-refractivity contribution in [3.63, 3.8) is 0 Å². The van der Waals surface area contributed by atoms with Crippen molar-refractivity contribution in [1.82, 2.24) is 5.32 Å². The first-order chi connectivity index (χ1) is 6.55. The maximum atomic E-state index is 11.7. The van der Waals surface area contributed by atoms with Gasteiger partial charge < -0.3 is 15.8 Å². The molecule has 3 N–H and O–H groups in total. The van der Waals surface area contributed by atoms with Crippen molar-refractivity contribution in [3.05, 3.63) is 0 Å². The minimum absolute atomic E-state index is 0.00887. The highest BCUT2D eigenvalue weighted by Crippen LogP contribution is 2.16. The summed E-state index contributed by atoms with van der Waals surface area (Å²) in [5.41, 5.74) is 4.96. The summed E-state index contributed by atoms with van der Waals surface area (Å²) in [6, 6.07) is 0. The SMILES string of the molecule is CC(C)(CN)OC(=O)[C@@H]1CCCNC1. The molecule has 4 heteroatoms. The number of hydrogen-bond acceptors (Lipinski definition) is 4. The Balaban J connectivity index is 2.40. The van der Waals surface area contributed by atoms with E-state index in [-0.39, 0.29) is 11.9 Å². The minimum Gasteiger partial charge on any atom is -0.458 e. The molecule has 0 radical (unpaired) electrons. The Morgan fingerprint density at radius 2 is 2.36 bits per heavy atom. The van der Waals surface area contributed by atoms with E-state index in [2.05, 4.69) is 5.32 Å². The third kappa shape index (κ3) is 3.27. The van der Waals surface area contributed by atoms with Crippen molar-refractivity contribution in [2.24, 2.45) is 11.7 Å². The monoisotopic (exact) mass is 200 g/mol. The molecule has 0 aromatic carbocycles. The number of ether oxygens (including phenoxy) is 1. The number of nitrogens with two attached hydrogens (primary N) is 1. The Hall–Kier alpha value is -0.610. The quantitative estimate of drug-likeness (QED) is 0.642. The zero-order chi connectivity index (χ0) is 10.6. The third-order valence-corrected chi connectivity index (χ3v) is 2.50. The molecule has 82 valence electrons. The fraction of sp³-hybridized carbons (Fsp3) is 0.900. The lowest BCUT2D eigenvalue weighted by Crippen LogP contribution is -2.42. The summed E-state index contributed by atoms with van der Waals surface area (Å²) in [7, 11) is 0. The van der Waals surface area contributed by atoms with Gasteiger partial charge in [0, 0.05) is 13.1 Å². The average molecular weight is 200 g/mol. The second-order valence-corrected chi connectivity index (χ2v) is 4.43. The molecule has 0 amide bonds. The second kappa shape index (κ2) is 4.75. The molecule has 1 atom stereocenters. The smallest absolute Gasteiger partial charge is 0.310 e. The number of carbonyl (C=O) groups excluding carboxylic acids is 1. The zero-order valence-corrected chi connectivity index (χ0v) is 9.01. The van der Waals surface area contributed by atoms with Gasteiger partial charge in [0.05, 0.1) is 5.92 Å². The Kier molecular flexibility index (Phi) is 3.89. The van der Waals surface area contributed by atoms with Crippen LogP contribution in [0.5, 0.6) is 0 Å². The van der Waals surface area contributed by atoms with Crippen LogP contribution in [0.15, 0.2) is 0 Å². The summed E-state index contributed by atoms with van der Waals surface area (Å²) in [4.78, 5) is 11.7. The zero-order valence-electron chi connectivity index (χ0n) is 9.01. The van der Waals surface area contributed by atoms with Gasteiger partial charge in [0.1, 0.15) is 5.60 Å². The predicted molar refractivity (Wildman–Crippen MR) is 54.8 cm³/mol. The van der Waals surface area contributed by atoms with Crippen LogP contribution in [0.2, 0.25) is 0 Å². The van der Waals surface area contributed by atoms with Gasteiger partial charge >= 0.3 is 5.97 Å². The molecule has 1 heterocycles. The van der Waals surface area contributed by atoms with Gasteiger partial charge in [0.2, 0.25) is 0 Å². The lowest BCUT2D eigenvalue weighted by Gasteiger charge is -2.28. The number of piperidine rings is 1. The van der Waals surface area contributed by atoms with Gasteiger partial charge in [-0.3, -0.25) is 4.79 Å². The van der Waals surface area contributed by atoms with Crippen LogP contribution >= 0.6 is 0 Å². The molecular formula is C10H20N2O2. The van der Waals surface area contributed by atoms with Gasteiger partial charge in [0.25, 0.3) is 0 Å². The van der Waals surface area contributed by atoms with Crippen molar-refractivity contribution in [2.75, 3.05) is 19.6 Å². The van der Waals surface area contributed by atoms with E-state index in [1.165, 1.54) is 0 Å². The van der Waals surface area contributed by atoms with Crippen LogP contribution in [0, 0.1) is 5.92 Å². The van der Waals surface area contributed by atoms with Gasteiger partial charge in [-0.25, -0.2) is 0 Å².